The smallest absolute Gasteiger partial charge is 0.347 e. The Morgan fingerprint density at radius 3 is 2.58 bits per heavy atom. The number of aryl methyl sites for hydroxylation is 2. The molecule has 3 heterocycles. The van der Waals surface area contributed by atoms with E-state index in [2.05, 4.69) is 42.2 Å². The highest BCUT2D eigenvalue weighted by Gasteiger charge is 2.20. The highest BCUT2D eigenvalue weighted by molar-refractivity contribution is 7.17. The fraction of sp³-hybridized carbons (Fsp3) is 0.391. The van der Waals surface area contributed by atoms with Crippen molar-refractivity contribution < 1.29 is 14.6 Å². The van der Waals surface area contributed by atoms with Crippen LogP contribution in [0.4, 0.5) is 16.8 Å². The average Bonchev–Trinajstić information content (AvgIpc) is 3.17. The number of carbonyl (C=O) groups is 1. The van der Waals surface area contributed by atoms with Gasteiger partial charge in [-0.2, -0.15) is 0 Å². The number of benzene rings is 1. The van der Waals surface area contributed by atoms with Gasteiger partial charge in [0.1, 0.15) is 22.3 Å². The summed E-state index contributed by atoms with van der Waals surface area (Å²) < 4.78 is 5.82. The van der Waals surface area contributed by atoms with Crippen molar-refractivity contribution in [2.75, 3.05) is 49.5 Å². The van der Waals surface area contributed by atoms with Gasteiger partial charge >= 0.3 is 5.97 Å². The van der Waals surface area contributed by atoms with Crippen LogP contribution in [-0.2, 0) is 11.3 Å². The van der Waals surface area contributed by atoms with Crippen molar-refractivity contribution in [3.63, 3.8) is 0 Å². The monoisotopic (exact) mass is 468 g/mol. The molecule has 0 radical (unpaired) electrons. The van der Waals surface area contributed by atoms with E-state index in [1.54, 1.807) is 6.92 Å². The van der Waals surface area contributed by atoms with Crippen molar-refractivity contribution in [1.82, 2.24) is 19.9 Å². The molecule has 1 fully saturated rings. The van der Waals surface area contributed by atoms with Gasteiger partial charge in [-0.15, -0.1) is 0 Å². The number of anilines is 3. The number of carboxylic acid groups (broad SMARTS) is 1. The molecule has 3 aromatic rings. The van der Waals surface area contributed by atoms with Gasteiger partial charge in [-0.1, -0.05) is 41.7 Å². The number of thiazole rings is 1. The van der Waals surface area contributed by atoms with E-state index in [-0.39, 0.29) is 4.88 Å². The van der Waals surface area contributed by atoms with Gasteiger partial charge in [0, 0.05) is 38.8 Å². The quantitative estimate of drug-likeness (QED) is 0.458. The molecule has 2 N–H and O–H groups in total. The zero-order valence-electron chi connectivity index (χ0n) is 18.8. The maximum absolute atomic E-state index is 11.3. The van der Waals surface area contributed by atoms with Crippen molar-refractivity contribution in [2.45, 2.75) is 20.5 Å². The van der Waals surface area contributed by atoms with Gasteiger partial charge in [0.25, 0.3) is 0 Å². The minimum Gasteiger partial charge on any atom is -0.477 e. The lowest BCUT2D eigenvalue weighted by atomic mass is 10.2. The molecule has 0 spiro atoms. The summed E-state index contributed by atoms with van der Waals surface area (Å²) in [6.07, 6.45) is 0. The van der Waals surface area contributed by atoms with Crippen molar-refractivity contribution in [3.8, 4) is 0 Å². The predicted octanol–water partition coefficient (Wildman–Crippen LogP) is 3.33. The molecule has 0 saturated carbocycles. The van der Waals surface area contributed by atoms with Crippen LogP contribution in [0.2, 0.25) is 0 Å². The number of carboxylic acids is 1. The third-order valence-electron chi connectivity index (χ3n) is 5.41. The number of hydrogen-bond donors (Lipinski definition) is 2. The van der Waals surface area contributed by atoms with E-state index < -0.39 is 5.97 Å². The molecule has 0 bridgehead atoms. The second-order valence-electron chi connectivity index (χ2n) is 7.89. The lowest BCUT2D eigenvalue weighted by molar-refractivity contribution is 0.0701. The second kappa shape index (κ2) is 10.7. The summed E-state index contributed by atoms with van der Waals surface area (Å²) in [4.78, 5) is 29.5. The number of rotatable bonds is 9. The van der Waals surface area contributed by atoms with Crippen LogP contribution in [0.25, 0.3) is 0 Å². The van der Waals surface area contributed by atoms with Gasteiger partial charge in [0.2, 0.25) is 0 Å². The summed E-state index contributed by atoms with van der Waals surface area (Å²) in [5.41, 5.74) is 1.68. The molecular weight excluding hydrogens is 440 g/mol. The molecule has 9 nitrogen and oxygen atoms in total. The summed E-state index contributed by atoms with van der Waals surface area (Å²) in [7, 11) is 0. The minimum absolute atomic E-state index is 0.229. The van der Waals surface area contributed by atoms with Crippen molar-refractivity contribution in [3.05, 3.63) is 58.4 Å². The lowest BCUT2D eigenvalue weighted by Gasteiger charge is -2.35. The SMILES string of the molecule is Cc1nc(Nc2nc(C)c(C(=O)O)s2)cc(N2CCN(CCOCc3ccccc3)CC2)n1. The van der Waals surface area contributed by atoms with E-state index in [0.29, 0.717) is 35.7 Å². The van der Waals surface area contributed by atoms with Crippen LogP contribution >= 0.6 is 11.3 Å². The van der Waals surface area contributed by atoms with Gasteiger partial charge in [0.15, 0.2) is 5.13 Å². The Morgan fingerprint density at radius 1 is 1.12 bits per heavy atom. The predicted molar refractivity (Wildman–Crippen MR) is 129 cm³/mol. The second-order valence-corrected chi connectivity index (χ2v) is 8.89. The number of nitrogens with zero attached hydrogens (tertiary/aromatic N) is 5. The molecule has 0 aliphatic carbocycles. The Labute approximate surface area is 197 Å². The molecule has 1 aliphatic rings. The summed E-state index contributed by atoms with van der Waals surface area (Å²) in [5.74, 6) is 1.15. The summed E-state index contributed by atoms with van der Waals surface area (Å²) >= 11 is 1.10. The van der Waals surface area contributed by atoms with Gasteiger partial charge in [0.05, 0.1) is 18.9 Å². The van der Waals surface area contributed by atoms with E-state index in [1.165, 1.54) is 5.56 Å². The number of hydrogen-bond acceptors (Lipinski definition) is 9. The molecule has 4 rings (SSSR count). The molecular formula is C23H28N6O3S. The maximum atomic E-state index is 11.3. The molecule has 10 heteroatoms. The van der Waals surface area contributed by atoms with Crippen LogP contribution in [0.3, 0.4) is 0 Å². The van der Waals surface area contributed by atoms with E-state index in [1.807, 2.05) is 31.2 Å². The fourth-order valence-corrected chi connectivity index (χ4v) is 4.51. The van der Waals surface area contributed by atoms with Gasteiger partial charge < -0.3 is 20.1 Å². The lowest BCUT2D eigenvalue weighted by Crippen LogP contribution is -2.47. The van der Waals surface area contributed by atoms with E-state index in [4.69, 9.17) is 4.74 Å². The van der Waals surface area contributed by atoms with Crippen molar-refractivity contribution in [1.29, 1.82) is 0 Å². The van der Waals surface area contributed by atoms with Gasteiger partial charge in [-0.3, -0.25) is 4.90 Å². The Kier molecular flexibility index (Phi) is 7.48. The standard InChI is InChI=1S/C23H28N6O3S/c1-16-21(22(30)31)33-23(24-16)27-19-14-20(26-17(2)25-19)29-10-8-28(9-11-29)12-13-32-15-18-6-4-3-5-7-18/h3-7,14H,8-13,15H2,1-2H3,(H,30,31)(H,24,25,26,27). The third kappa shape index (κ3) is 6.25. The first-order chi connectivity index (χ1) is 16.0. The molecule has 1 saturated heterocycles. The largest absolute Gasteiger partial charge is 0.477 e. The molecule has 0 amide bonds. The molecule has 174 valence electrons. The first-order valence-electron chi connectivity index (χ1n) is 10.9. The molecule has 1 aliphatic heterocycles. The van der Waals surface area contributed by atoms with Crippen LogP contribution < -0.4 is 10.2 Å². The minimum atomic E-state index is -0.971. The summed E-state index contributed by atoms with van der Waals surface area (Å²) in [6, 6.07) is 12.1. The number of aromatic carboxylic acids is 1. The summed E-state index contributed by atoms with van der Waals surface area (Å²) in [6.45, 7) is 9.42. The molecule has 1 aromatic carbocycles. The third-order valence-corrected chi connectivity index (χ3v) is 6.47. The van der Waals surface area contributed by atoms with E-state index in [9.17, 15) is 9.90 Å². The molecule has 2 aromatic heterocycles. The maximum Gasteiger partial charge on any atom is 0.347 e. The Bertz CT molecular complexity index is 1080. The number of ether oxygens (including phenoxy) is 1. The Balaban J connectivity index is 1.29. The van der Waals surface area contributed by atoms with Crippen LogP contribution in [0, 0.1) is 13.8 Å². The highest BCUT2D eigenvalue weighted by atomic mass is 32.1. The zero-order valence-corrected chi connectivity index (χ0v) is 19.6. The first kappa shape index (κ1) is 23.1. The molecule has 33 heavy (non-hydrogen) atoms. The highest BCUT2D eigenvalue weighted by Crippen LogP contribution is 2.26. The number of piperazine rings is 1. The Morgan fingerprint density at radius 2 is 1.88 bits per heavy atom. The van der Waals surface area contributed by atoms with Crippen LogP contribution in [0.1, 0.15) is 26.8 Å². The Hall–Kier alpha value is -3.08. The fourth-order valence-electron chi connectivity index (χ4n) is 3.69. The average molecular weight is 469 g/mol. The summed E-state index contributed by atoms with van der Waals surface area (Å²) in [5, 5.41) is 12.9. The first-order valence-corrected chi connectivity index (χ1v) is 11.7. The molecule has 0 atom stereocenters. The number of nitrogens with one attached hydrogen (secondary N) is 1. The number of aromatic nitrogens is 3. The normalized spacial score (nSPS) is 14.4. The van der Waals surface area contributed by atoms with E-state index >= 15 is 0 Å². The topological polar surface area (TPSA) is 104 Å². The zero-order chi connectivity index (χ0) is 23.2. The van der Waals surface area contributed by atoms with Crippen LogP contribution in [-0.4, -0.2) is 70.3 Å². The van der Waals surface area contributed by atoms with Crippen molar-refractivity contribution >= 4 is 34.1 Å². The van der Waals surface area contributed by atoms with Crippen LogP contribution in [0.5, 0.6) is 0 Å². The molecule has 0 unspecified atom stereocenters. The van der Waals surface area contributed by atoms with E-state index in [0.717, 1.165) is 49.9 Å². The van der Waals surface area contributed by atoms with Crippen molar-refractivity contribution in [2.24, 2.45) is 0 Å². The van der Waals surface area contributed by atoms with Gasteiger partial charge in [-0.25, -0.2) is 19.7 Å². The van der Waals surface area contributed by atoms with Gasteiger partial charge in [-0.05, 0) is 19.4 Å². The van der Waals surface area contributed by atoms with Crippen LogP contribution in [0.15, 0.2) is 36.4 Å².